The lowest BCUT2D eigenvalue weighted by molar-refractivity contribution is 0.0755. The van der Waals surface area contributed by atoms with Crippen LogP contribution in [0.1, 0.15) is 37.2 Å². The van der Waals surface area contributed by atoms with Crippen LogP contribution in [0.2, 0.25) is 5.02 Å². The molecule has 1 aromatic heterocycles. The van der Waals surface area contributed by atoms with Gasteiger partial charge in [0.2, 0.25) is 0 Å². The first-order valence-electron chi connectivity index (χ1n) is 6.02. The van der Waals surface area contributed by atoms with Gasteiger partial charge in [-0.3, -0.25) is 9.48 Å². The number of Topliss-reactive ketones (excluding diaryl/α,β-unsaturated/α-hetero) is 1. The van der Waals surface area contributed by atoms with Gasteiger partial charge in [-0.1, -0.05) is 18.5 Å². The Morgan fingerprint density at radius 1 is 1.71 bits per heavy atom. The molecule has 0 amide bonds. The van der Waals surface area contributed by atoms with Crippen LogP contribution in [0.4, 0.5) is 0 Å². The molecular weight excluding hydrogens is 240 g/mol. The van der Waals surface area contributed by atoms with Crippen LogP contribution in [0.25, 0.3) is 0 Å². The second kappa shape index (κ2) is 5.19. The zero-order valence-corrected chi connectivity index (χ0v) is 10.9. The normalized spacial score (nSPS) is 24.2. The summed E-state index contributed by atoms with van der Waals surface area (Å²) in [5, 5.41) is 4.59. The van der Waals surface area contributed by atoms with Crippen molar-refractivity contribution >= 4 is 17.4 Å². The molecule has 1 fully saturated rings. The highest BCUT2D eigenvalue weighted by molar-refractivity contribution is 6.33. The van der Waals surface area contributed by atoms with Crippen molar-refractivity contribution in [1.82, 2.24) is 9.78 Å². The van der Waals surface area contributed by atoms with Crippen molar-refractivity contribution in [2.45, 2.75) is 39.3 Å². The summed E-state index contributed by atoms with van der Waals surface area (Å²) in [6.07, 6.45) is 3.22. The molecule has 1 saturated heterocycles. The number of ether oxygens (including phenoxy) is 1. The molecule has 1 aliphatic heterocycles. The molecule has 0 saturated carbocycles. The highest BCUT2D eigenvalue weighted by atomic mass is 35.5. The smallest absolute Gasteiger partial charge is 0.188 e. The summed E-state index contributed by atoms with van der Waals surface area (Å²) in [7, 11) is 0. The highest BCUT2D eigenvalue weighted by Gasteiger charge is 2.34. The van der Waals surface area contributed by atoms with E-state index in [0.717, 1.165) is 19.4 Å². The van der Waals surface area contributed by atoms with Gasteiger partial charge in [0.15, 0.2) is 5.78 Å². The minimum atomic E-state index is -0.0835. The maximum absolute atomic E-state index is 12.4. The molecular formula is C12H17ClN2O2. The molecule has 5 heteroatoms. The third-order valence-electron chi connectivity index (χ3n) is 3.18. The number of hydrogen-bond donors (Lipinski definition) is 0. The van der Waals surface area contributed by atoms with Gasteiger partial charge < -0.3 is 4.74 Å². The predicted octanol–water partition coefficient (Wildman–Crippen LogP) is 2.55. The van der Waals surface area contributed by atoms with E-state index in [-0.39, 0.29) is 17.8 Å². The summed E-state index contributed by atoms with van der Waals surface area (Å²) in [4.78, 5) is 12.4. The zero-order chi connectivity index (χ0) is 12.4. The highest BCUT2D eigenvalue weighted by Crippen LogP contribution is 2.27. The van der Waals surface area contributed by atoms with E-state index in [1.807, 2.05) is 13.8 Å². The number of halogens is 1. The van der Waals surface area contributed by atoms with E-state index in [0.29, 0.717) is 17.3 Å². The van der Waals surface area contributed by atoms with Crippen LogP contribution in [0, 0.1) is 5.92 Å². The lowest BCUT2D eigenvalue weighted by atomic mass is 9.95. The maximum Gasteiger partial charge on any atom is 0.188 e. The molecule has 0 spiro atoms. The van der Waals surface area contributed by atoms with Crippen molar-refractivity contribution in [2.75, 3.05) is 6.61 Å². The van der Waals surface area contributed by atoms with Gasteiger partial charge in [-0.25, -0.2) is 0 Å². The van der Waals surface area contributed by atoms with E-state index in [1.165, 1.54) is 0 Å². The molecule has 17 heavy (non-hydrogen) atoms. The van der Waals surface area contributed by atoms with Crippen molar-refractivity contribution in [1.29, 1.82) is 0 Å². The molecule has 0 aromatic carbocycles. The molecule has 4 nitrogen and oxygen atoms in total. The van der Waals surface area contributed by atoms with Gasteiger partial charge >= 0.3 is 0 Å². The third-order valence-corrected chi connectivity index (χ3v) is 3.45. The fourth-order valence-corrected chi connectivity index (χ4v) is 2.47. The molecule has 0 bridgehead atoms. The van der Waals surface area contributed by atoms with Crippen LogP contribution in [0.5, 0.6) is 0 Å². The molecule has 1 aromatic rings. The van der Waals surface area contributed by atoms with Crippen molar-refractivity contribution in [3.8, 4) is 0 Å². The summed E-state index contributed by atoms with van der Waals surface area (Å²) >= 11 is 6.06. The minimum absolute atomic E-state index is 0.0245. The van der Waals surface area contributed by atoms with E-state index < -0.39 is 0 Å². The largest absolute Gasteiger partial charge is 0.378 e. The van der Waals surface area contributed by atoms with E-state index in [9.17, 15) is 4.79 Å². The average molecular weight is 257 g/mol. The van der Waals surface area contributed by atoms with E-state index >= 15 is 0 Å². The number of carbonyl (C=O) groups excluding carboxylic acids is 1. The summed E-state index contributed by atoms with van der Waals surface area (Å²) in [5.41, 5.74) is 0.538. The SMILES string of the molecule is CCCn1ncc(Cl)c1C(=O)C1CCOC1C. The van der Waals surface area contributed by atoms with E-state index in [1.54, 1.807) is 10.9 Å². The lowest BCUT2D eigenvalue weighted by Gasteiger charge is -2.14. The fraction of sp³-hybridized carbons (Fsp3) is 0.667. The Hall–Kier alpha value is -0.870. The van der Waals surface area contributed by atoms with Crippen molar-refractivity contribution in [3.63, 3.8) is 0 Å². The topological polar surface area (TPSA) is 44.1 Å². The number of hydrogen-bond acceptors (Lipinski definition) is 3. The molecule has 2 rings (SSSR count). The van der Waals surface area contributed by atoms with Crippen LogP contribution in [0.3, 0.4) is 0 Å². The summed E-state index contributed by atoms with van der Waals surface area (Å²) in [6, 6.07) is 0. The van der Waals surface area contributed by atoms with Crippen LogP contribution in [0.15, 0.2) is 6.20 Å². The summed E-state index contributed by atoms with van der Waals surface area (Å²) in [6.45, 7) is 5.35. The van der Waals surface area contributed by atoms with E-state index in [4.69, 9.17) is 16.3 Å². The lowest BCUT2D eigenvalue weighted by Crippen LogP contribution is -2.24. The Labute approximate surface area is 106 Å². The number of ketones is 1. The van der Waals surface area contributed by atoms with Crippen LogP contribution < -0.4 is 0 Å². The van der Waals surface area contributed by atoms with Crippen LogP contribution in [-0.2, 0) is 11.3 Å². The van der Waals surface area contributed by atoms with Crippen molar-refractivity contribution in [3.05, 3.63) is 16.9 Å². The Balaban J connectivity index is 2.26. The molecule has 2 atom stereocenters. The van der Waals surface area contributed by atoms with Gasteiger partial charge in [-0.2, -0.15) is 5.10 Å². The average Bonchev–Trinajstić information content (AvgIpc) is 2.86. The van der Waals surface area contributed by atoms with Gasteiger partial charge in [-0.15, -0.1) is 0 Å². The second-order valence-electron chi connectivity index (χ2n) is 4.40. The van der Waals surface area contributed by atoms with Gasteiger partial charge in [0, 0.05) is 13.2 Å². The van der Waals surface area contributed by atoms with Crippen molar-refractivity contribution in [2.24, 2.45) is 5.92 Å². The Bertz CT molecular complexity index is 417. The Morgan fingerprint density at radius 2 is 2.47 bits per heavy atom. The first-order chi connectivity index (χ1) is 8.15. The van der Waals surface area contributed by atoms with Crippen molar-refractivity contribution < 1.29 is 9.53 Å². The zero-order valence-electron chi connectivity index (χ0n) is 10.1. The quantitative estimate of drug-likeness (QED) is 0.778. The predicted molar refractivity (Wildman–Crippen MR) is 65.4 cm³/mol. The minimum Gasteiger partial charge on any atom is -0.378 e. The van der Waals surface area contributed by atoms with E-state index in [2.05, 4.69) is 5.10 Å². The Kier molecular flexibility index (Phi) is 3.84. The van der Waals surface area contributed by atoms with Gasteiger partial charge in [-0.05, 0) is 19.8 Å². The molecule has 0 N–H and O–H groups in total. The molecule has 2 heterocycles. The van der Waals surface area contributed by atoms with Gasteiger partial charge in [0.1, 0.15) is 5.69 Å². The first-order valence-corrected chi connectivity index (χ1v) is 6.40. The standard InChI is InChI=1S/C12H17ClN2O2/c1-3-5-15-11(10(13)7-14-15)12(16)9-4-6-17-8(9)2/h7-9H,3-6H2,1-2H3. The number of rotatable bonds is 4. The third kappa shape index (κ3) is 2.38. The fourth-order valence-electron chi connectivity index (χ4n) is 2.24. The molecule has 1 aliphatic rings. The molecule has 94 valence electrons. The van der Waals surface area contributed by atoms with Gasteiger partial charge in [0.25, 0.3) is 0 Å². The number of aromatic nitrogens is 2. The van der Waals surface area contributed by atoms with Crippen LogP contribution >= 0.6 is 11.6 Å². The number of nitrogens with zero attached hydrogens (tertiary/aromatic N) is 2. The number of carbonyl (C=O) groups is 1. The van der Waals surface area contributed by atoms with Crippen LogP contribution in [-0.4, -0.2) is 28.3 Å². The maximum atomic E-state index is 12.4. The van der Waals surface area contributed by atoms with Gasteiger partial charge in [0.05, 0.1) is 23.2 Å². The first kappa shape index (κ1) is 12.6. The molecule has 0 radical (unpaired) electrons. The monoisotopic (exact) mass is 256 g/mol. The molecule has 2 unspecified atom stereocenters. The second-order valence-corrected chi connectivity index (χ2v) is 4.81. The number of aryl methyl sites for hydroxylation is 1. The summed E-state index contributed by atoms with van der Waals surface area (Å²) in [5.74, 6) is -0.0224. The Morgan fingerprint density at radius 3 is 3.06 bits per heavy atom. The summed E-state index contributed by atoms with van der Waals surface area (Å²) < 4.78 is 7.13. The molecule has 0 aliphatic carbocycles.